The van der Waals surface area contributed by atoms with E-state index in [-0.39, 0.29) is 23.6 Å². The summed E-state index contributed by atoms with van der Waals surface area (Å²) in [5, 5.41) is 5.48. The number of carbonyl (C=O) groups excluding carboxylic acids is 2. The van der Waals surface area contributed by atoms with E-state index in [0.717, 1.165) is 12.8 Å². The van der Waals surface area contributed by atoms with Crippen molar-refractivity contribution in [2.24, 2.45) is 0 Å². The van der Waals surface area contributed by atoms with Gasteiger partial charge in [-0.25, -0.2) is 18.0 Å². The molecule has 0 spiro atoms. The maximum Gasteiger partial charge on any atom is 0.338 e. The van der Waals surface area contributed by atoms with Crippen LogP contribution >= 0.6 is 0 Å². The van der Waals surface area contributed by atoms with E-state index >= 15 is 0 Å². The smallest absolute Gasteiger partial charge is 0.338 e. The average Bonchev–Trinajstić information content (AvgIpc) is 3.22. The zero-order valence-electron chi connectivity index (χ0n) is 12.4. The van der Waals surface area contributed by atoms with Gasteiger partial charge in [0.1, 0.15) is 6.10 Å². The van der Waals surface area contributed by atoms with Crippen LogP contribution in [-0.4, -0.2) is 44.1 Å². The fourth-order valence-electron chi connectivity index (χ4n) is 2.34. The second-order valence-corrected chi connectivity index (χ2v) is 8.11. The number of esters is 1. The van der Waals surface area contributed by atoms with Crippen molar-refractivity contribution in [2.45, 2.75) is 31.4 Å². The Labute approximate surface area is 134 Å². The highest BCUT2D eigenvalue weighted by atomic mass is 32.2. The van der Waals surface area contributed by atoms with E-state index in [0.29, 0.717) is 17.7 Å². The molecule has 1 saturated carbocycles. The van der Waals surface area contributed by atoms with Gasteiger partial charge in [-0.05, 0) is 43.5 Å². The molecule has 2 aliphatic rings. The third-order valence-corrected chi connectivity index (χ3v) is 5.49. The van der Waals surface area contributed by atoms with Crippen molar-refractivity contribution in [3.05, 3.63) is 29.8 Å². The second-order valence-electron chi connectivity index (χ2n) is 5.88. The standard InChI is InChI=1S/C15H18N2O5S/c18-14(22-13-7-8-23(20,21)9-13)10-1-3-11(4-2-10)16-15(19)17-12-5-6-12/h1-4,12-13H,5-9H2,(H2,16,17,19)/t13-/m1/s1. The predicted molar refractivity (Wildman–Crippen MR) is 84.1 cm³/mol. The number of ether oxygens (including phenoxy) is 1. The van der Waals surface area contributed by atoms with Crippen molar-refractivity contribution in [1.82, 2.24) is 5.32 Å². The van der Waals surface area contributed by atoms with Gasteiger partial charge in [-0.3, -0.25) is 0 Å². The van der Waals surface area contributed by atoms with E-state index in [2.05, 4.69) is 10.6 Å². The zero-order valence-corrected chi connectivity index (χ0v) is 13.3. The first kappa shape index (κ1) is 15.8. The lowest BCUT2D eigenvalue weighted by molar-refractivity contribution is 0.0356. The van der Waals surface area contributed by atoms with Crippen molar-refractivity contribution in [3.8, 4) is 0 Å². The molecule has 7 nitrogen and oxygen atoms in total. The summed E-state index contributed by atoms with van der Waals surface area (Å²) in [6.45, 7) is 0. The molecular weight excluding hydrogens is 320 g/mol. The number of anilines is 1. The Balaban J connectivity index is 1.53. The number of rotatable bonds is 4. The van der Waals surface area contributed by atoms with Crippen LogP contribution in [0.1, 0.15) is 29.6 Å². The highest BCUT2D eigenvalue weighted by molar-refractivity contribution is 7.91. The van der Waals surface area contributed by atoms with Crippen LogP contribution in [0.2, 0.25) is 0 Å². The summed E-state index contributed by atoms with van der Waals surface area (Å²) in [7, 11) is -3.08. The largest absolute Gasteiger partial charge is 0.458 e. The maximum atomic E-state index is 12.0. The molecule has 0 unspecified atom stereocenters. The average molecular weight is 338 g/mol. The van der Waals surface area contributed by atoms with Gasteiger partial charge in [0.25, 0.3) is 0 Å². The summed E-state index contributed by atoms with van der Waals surface area (Å²) in [6, 6.07) is 6.30. The Bertz CT molecular complexity index is 710. The van der Waals surface area contributed by atoms with E-state index in [4.69, 9.17) is 4.74 Å². The minimum absolute atomic E-state index is 0.0594. The zero-order chi connectivity index (χ0) is 16.4. The molecule has 2 fully saturated rings. The summed E-state index contributed by atoms with van der Waals surface area (Å²) in [6.07, 6.45) is 1.79. The van der Waals surface area contributed by atoms with Crippen molar-refractivity contribution in [3.63, 3.8) is 0 Å². The Hall–Kier alpha value is -2.09. The van der Waals surface area contributed by atoms with Gasteiger partial charge in [-0.15, -0.1) is 0 Å². The van der Waals surface area contributed by atoms with Gasteiger partial charge >= 0.3 is 12.0 Å². The molecule has 1 heterocycles. The van der Waals surface area contributed by atoms with Crippen molar-refractivity contribution in [2.75, 3.05) is 16.8 Å². The van der Waals surface area contributed by atoms with Crippen LogP contribution in [-0.2, 0) is 14.6 Å². The first-order chi connectivity index (χ1) is 10.9. The van der Waals surface area contributed by atoms with Crippen LogP contribution in [0.4, 0.5) is 10.5 Å². The molecule has 23 heavy (non-hydrogen) atoms. The van der Waals surface area contributed by atoms with Crippen LogP contribution in [0.5, 0.6) is 0 Å². The van der Waals surface area contributed by atoms with E-state index in [1.807, 2.05) is 0 Å². The van der Waals surface area contributed by atoms with Crippen LogP contribution in [0.25, 0.3) is 0 Å². The molecule has 0 radical (unpaired) electrons. The van der Waals surface area contributed by atoms with Gasteiger partial charge in [0, 0.05) is 11.7 Å². The summed E-state index contributed by atoms with van der Waals surface area (Å²) in [5.41, 5.74) is 0.894. The summed E-state index contributed by atoms with van der Waals surface area (Å²) >= 11 is 0. The maximum absolute atomic E-state index is 12.0. The minimum Gasteiger partial charge on any atom is -0.458 e. The molecule has 1 atom stereocenters. The molecule has 0 aromatic heterocycles. The summed E-state index contributed by atoms with van der Waals surface area (Å²) in [4.78, 5) is 23.6. The lowest BCUT2D eigenvalue weighted by atomic mass is 10.2. The number of sulfone groups is 1. The quantitative estimate of drug-likeness (QED) is 0.806. The first-order valence-electron chi connectivity index (χ1n) is 7.50. The Morgan fingerprint density at radius 2 is 1.78 bits per heavy atom. The molecule has 1 aliphatic heterocycles. The van der Waals surface area contributed by atoms with Gasteiger partial charge in [-0.2, -0.15) is 0 Å². The number of nitrogens with one attached hydrogen (secondary N) is 2. The minimum atomic E-state index is -3.08. The molecule has 8 heteroatoms. The molecule has 0 bridgehead atoms. The number of amides is 2. The molecule has 1 aromatic rings. The summed E-state index contributed by atoms with van der Waals surface area (Å²) < 4.78 is 27.9. The number of hydrogen-bond acceptors (Lipinski definition) is 5. The third kappa shape index (κ3) is 4.44. The highest BCUT2D eigenvalue weighted by Gasteiger charge is 2.31. The fourth-order valence-corrected chi connectivity index (χ4v) is 3.93. The molecular formula is C15H18N2O5S. The van der Waals surface area contributed by atoms with E-state index in [9.17, 15) is 18.0 Å². The van der Waals surface area contributed by atoms with E-state index in [1.165, 1.54) is 0 Å². The number of urea groups is 1. The highest BCUT2D eigenvalue weighted by Crippen LogP contribution is 2.19. The van der Waals surface area contributed by atoms with E-state index < -0.39 is 21.9 Å². The summed E-state index contributed by atoms with van der Waals surface area (Å²) in [5.74, 6) is -0.607. The monoisotopic (exact) mass is 338 g/mol. The van der Waals surface area contributed by atoms with Crippen LogP contribution in [0, 0.1) is 0 Å². The van der Waals surface area contributed by atoms with Gasteiger partial charge in [0.2, 0.25) is 0 Å². The first-order valence-corrected chi connectivity index (χ1v) is 9.32. The molecule has 1 saturated heterocycles. The van der Waals surface area contributed by atoms with Crippen molar-refractivity contribution >= 4 is 27.5 Å². The second kappa shape index (κ2) is 6.19. The fraction of sp³-hybridized carbons (Fsp3) is 0.467. The molecule has 1 aliphatic carbocycles. The normalized spacial score (nSPS) is 22.3. The van der Waals surface area contributed by atoms with Crippen LogP contribution in [0.15, 0.2) is 24.3 Å². The molecule has 124 valence electrons. The third-order valence-electron chi connectivity index (χ3n) is 3.76. The van der Waals surface area contributed by atoms with Crippen LogP contribution in [0.3, 0.4) is 0 Å². The topological polar surface area (TPSA) is 102 Å². The Morgan fingerprint density at radius 3 is 2.35 bits per heavy atom. The number of carbonyl (C=O) groups is 2. The van der Waals surface area contributed by atoms with Gasteiger partial charge in [-0.1, -0.05) is 0 Å². The molecule has 3 rings (SSSR count). The van der Waals surface area contributed by atoms with Gasteiger partial charge in [0.05, 0.1) is 17.1 Å². The molecule has 2 amide bonds. The molecule has 1 aromatic carbocycles. The van der Waals surface area contributed by atoms with E-state index in [1.54, 1.807) is 24.3 Å². The lowest BCUT2D eigenvalue weighted by Gasteiger charge is -2.11. The lowest BCUT2D eigenvalue weighted by Crippen LogP contribution is -2.30. The Morgan fingerprint density at radius 1 is 1.09 bits per heavy atom. The van der Waals surface area contributed by atoms with Gasteiger partial charge in [0.15, 0.2) is 9.84 Å². The number of hydrogen-bond donors (Lipinski definition) is 2. The predicted octanol–water partition coefficient (Wildman–Crippen LogP) is 1.31. The van der Waals surface area contributed by atoms with Crippen molar-refractivity contribution < 1.29 is 22.7 Å². The SMILES string of the molecule is O=C(Nc1ccc(C(=O)O[C@@H]2CCS(=O)(=O)C2)cc1)NC1CC1. The van der Waals surface area contributed by atoms with Crippen molar-refractivity contribution in [1.29, 1.82) is 0 Å². The van der Waals surface area contributed by atoms with Gasteiger partial charge < -0.3 is 15.4 Å². The molecule has 2 N–H and O–H groups in total. The Kier molecular flexibility index (Phi) is 4.25. The van der Waals surface area contributed by atoms with Crippen LogP contribution < -0.4 is 10.6 Å². The number of benzene rings is 1.